The Morgan fingerprint density at radius 3 is 2.59 bits per heavy atom. The van der Waals surface area contributed by atoms with Gasteiger partial charge in [0.25, 0.3) is 0 Å². The van der Waals surface area contributed by atoms with Crippen LogP contribution in [0.5, 0.6) is 0 Å². The molecule has 1 aromatic rings. The summed E-state index contributed by atoms with van der Waals surface area (Å²) in [6.45, 7) is 1.84. The van der Waals surface area contributed by atoms with Gasteiger partial charge in [0.1, 0.15) is 5.82 Å². The van der Waals surface area contributed by atoms with Gasteiger partial charge in [-0.1, -0.05) is 18.9 Å². The molecule has 0 spiro atoms. The molecule has 3 heteroatoms. The highest BCUT2D eigenvalue weighted by molar-refractivity contribution is 5.75. The van der Waals surface area contributed by atoms with Gasteiger partial charge in [0.15, 0.2) is 0 Å². The smallest absolute Gasteiger partial charge is 0.309 e. The van der Waals surface area contributed by atoms with Crippen molar-refractivity contribution in [2.45, 2.75) is 39.0 Å². The molecule has 1 aliphatic carbocycles. The molecule has 0 radical (unpaired) electrons. The number of halogens is 1. The quantitative estimate of drug-likeness (QED) is 0.874. The molecule has 0 bridgehead atoms. The standard InChI is InChI=1S/C14H17FO2/c1-10-8-12(15)5-4-11(10)9-14(13(16)17)6-2-3-7-14/h4-5,8H,2-3,6-7,9H2,1H3,(H,16,17). The number of carbonyl (C=O) groups is 1. The number of carboxylic acids is 1. The molecule has 1 N–H and O–H groups in total. The molecule has 2 nitrogen and oxygen atoms in total. The van der Waals surface area contributed by atoms with E-state index in [-0.39, 0.29) is 5.82 Å². The van der Waals surface area contributed by atoms with Crippen LogP contribution >= 0.6 is 0 Å². The molecule has 0 aromatic heterocycles. The minimum Gasteiger partial charge on any atom is -0.481 e. The Morgan fingerprint density at radius 2 is 2.06 bits per heavy atom. The Labute approximate surface area is 100 Å². The summed E-state index contributed by atoms with van der Waals surface area (Å²) in [7, 11) is 0. The van der Waals surface area contributed by atoms with Crippen LogP contribution in [0.2, 0.25) is 0 Å². The van der Waals surface area contributed by atoms with Crippen molar-refractivity contribution in [1.29, 1.82) is 0 Å². The van der Waals surface area contributed by atoms with Crippen molar-refractivity contribution < 1.29 is 14.3 Å². The Kier molecular flexibility index (Phi) is 3.18. The van der Waals surface area contributed by atoms with Crippen LogP contribution in [0.4, 0.5) is 4.39 Å². The molecule has 0 atom stereocenters. The summed E-state index contributed by atoms with van der Waals surface area (Å²) < 4.78 is 13.0. The second kappa shape index (κ2) is 4.47. The predicted molar refractivity (Wildman–Crippen MR) is 63.4 cm³/mol. The summed E-state index contributed by atoms with van der Waals surface area (Å²) >= 11 is 0. The first-order valence-corrected chi connectivity index (χ1v) is 6.02. The maximum atomic E-state index is 13.0. The molecule has 0 heterocycles. The van der Waals surface area contributed by atoms with Gasteiger partial charge >= 0.3 is 5.97 Å². The minimum atomic E-state index is -0.710. The van der Waals surface area contributed by atoms with Gasteiger partial charge in [-0.05, 0) is 49.4 Å². The largest absolute Gasteiger partial charge is 0.481 e. The zero-order valence-electron chi connectivity index (χ0n) is 10.0. The van der Waals surface area contributed by atoms with Crippen LogP contribution in [0.3, 0.4) is 0 Å². The second-order valence-electron chi connectivity index (χ2n) is 5.04. The van der Waals surface area contributed by atoms with E-state index in [0.29, 0.717) is 6.42 Å². The fourth-order valence-electron chi connectivity index (χ4n) is 2.74. The van der Waals surface area contributed by atoms with Gasteiger partial charge < -0.3 is 5.11 Å². The van der Waals surface area contributed by atoms with Gasteiger partial charge in [-0.15, -0.1) is 0 Å². The van der Waals surface area contributed by atoms with E-state index in [9.17, 15) is 14.3 Å². The van der Waals surface area contributed by atoms with E-state index in [2.05, 4.69) is 0 Å². The maximum Gasteiger partial charge on any atom is 0.309 e. The van der Waals surface area contributed by atoms with E-state index in [4.69, 9.17) is 0 Å². The second-order valence-corrected chi connectivity index (χ2v) is 5.04. The highest BCUT2D eigenvalue weighted by Crippen LogP contribution is 2.41. The molecule has 1 fully saturated rings. The van der Waals surface area contributed by atoms with Gasteiger partial charge in [0.05, 0.1) is 5.41 Å². The molecule has 1 saturated carbocycles. The Bertz CT molecular complexity index is 434. The summed E-state index contributed by atoms with van der Waals surface area (Å²) in [5.41, 5.74) is 1.18. The molecule has 0 aliphatic heterocycles. The third-order valence-corrected chi connectivity index (χ3v) is 3.85. The van der Waals surface area contributed by atoms with E-state index >= 15 is 0 Å². The van der Waals surface area contributed by atoms with Gasteiger partial charge in [0, 0.05) is 0 Å². The first-order valence-electron chi connectivity index (χ1n) is 6.02. The van der Waals surface area contributed by atoms with Crippen LogP contribution in [0.1, 0.15) is 36.8 Å². The number of aryl methyl sites for hydroxylation is 1. The van der Waals surface area contributed by atoms with Crippen molar-refractivity contribution >= 4 is 5.97 Å². The number of rotatable bonds is 3. The Balaban J connectivity index is 2.26. The van der Waals surface area contributed by atoms with Crippen molar-refractivity contribution in [2.24, 2.45) is 5.41 Å². The first kappa shape index (κ1) is 12.1. The summed E-state index contributed by atoms with van der Waals surface area (Å²) in [6.07, 6.45) is 3.95. The number of aliphatic carboxylic acids is 1. The molecule has 0 amide bonds. The third-order valence-electron chi connectivity index (χ3n) is 3.85. The zero-order valence-corrected chi connectivity index (χ0v) is 10.0. The van der Waals surface area contributed by atoms with Crippen LogP contribution in [0.25, 0.3) is 0 Å². The highest BCUT2D eigenvalue weighted by atomic mass is 19.1. The van der Waals surface area contributed by atoms with Crippen molar-refractivity contribution in [3.63, 3.8) is 0 Å². The third kappa shape index (κ3) is 2.33. The first-order chi connectivity index (χ1) is 8.03. The highest BCUT2D eigenvalue weighted by Gasteiger charge is 2.41. The van der Waals surface area contributed by atoms with Gasteiger partial charge in [-0.2, -0.15) is 0 Å². The summed E-state index contributed by atoms with van der Waals surface area (Å²) in [5.74, 6) is -0.972. The van der Waals surface area contributed by atoms with Gasteiger partial charge in [-0.25, -0.2) is 4.39 Å². The number of benzene rings is 1. The molecule has 1 aromatic carbocycles. The fraction of sp³-hybridized carbons (Fsp3) is 0.500. The average molecular weight is 236 g/mol. The number of hydrogen-bond acceptors (Lipinski definition) is 1. The van der Waals surface area contributed by atoms with E-state index in [1.165, 1.54) is 12.1 Å². The predicted octanol–water partition coefficient (Wildman–Crippen LogP) is 3.32. The lowest BCUT2D eigenvalue weighted by Gasteiger charge is -2.24. The molecule has 17 heavy (non-hydrogen) atoms. The van der Waals surface area contributed by atoms with Gasteiger partial charge in [-0.3, -0.25) is 4.79 Å². The lowest BCUT2D eigenvalue weighted by Crippen LogP contribution is -2.30. The molecular formula is C14H17FO2. The maximum absolute atomic E-state index is 13.0. The molecule has 1 aliphatic rings. The van der Waals surface area contributed by atoms with Crippen LogP contribution < -0.4 is 0 Å². The number of carboxylic acid groups (broad SMARTS) is 1. The molecule has 0 saturated heterocycles. The van der Waals surface area contributed by atoms with E-state index in [0.717, 1.165) is 36.8 Å². The van der Waals surface area contributed by atoms with Crippen LogP contribution in [0.15, 0.2) is 18.2 Å². The molecule has 2 rings (SSSR count). The van der Waals surface area contributed by atoms with E-state index in [1.54, 1.807) is 6.07 Å². The summed E-state index contributed by atoms with van der Waals surface area (Å²) in [6, 6.07) is 4.60. The van der Waals surface area contributed by atoms with Crippen LogP contribution in [0, 0.1) is 18.2 Å². The molecule has 92 valence electrons. The lowest BCUT2D eigenvalue weighted by molar-refractivity contribution is -0.148. The summed E-state index contributed by atoms with van der Waals surface area (Å²) in [4.78, 5) is 11.4. The van der Waals surface area contributed by atoms with Crippen molar-refractivity contribution in [3.8, 4) is 0 Å². The average Bonchev–Trinajstić information content (AvgIpc) is 2.72. The van der Waals surface area contributed by atoms with Gasteiger partial charge in [0.2, 0.25) is 0 Å². The minimum absolute atomic E-state index is 0.262. The van der Waals surface area contributed by atoms with E-state index in [1.807, 2.05) is 6.92 Å². The lowest BCUT2D eigenvalue weighted by atomic mass is 9.79. The normalized spacial score (nSPS) is 18.2. The summed E-state index contributed by atoms with van der Waals surface area (Å²) in [5, 5.41) is 9.40. The number of hydrogen-bond donors (Lipinski definition) is 1. The van der Waals surface area contributed by atoms with Crippen molar-refractivity contribution in [3.05, 3.63) is 35.1 Å². The van der Waals surface area contributed by atoms with Crippen molar-refractivity contribution in [1.82, 2.24) is 0 Å². The molecule has 0 unspecified atom stereocenters. The topological polar surface area (TPSA) is 37.3 Å². The van der Waals surface area contributed by atoms with E-state index < -0.39 is 11.4 Å². The Hall–Kier alpha value is -1.38. The van der Waals surface area contributed by atoms with Crippen LogP contribution in [-0.2, 0) is 11.2 Å². The van der Waals surface area contributed by atoms with Crippen molar-refractivity contribution in [2.75, 3.05) is 0 Å². The fourth-order valence-corrected chi connectivity index (χ4v) is 2.74. The Morgan fingerprint density at radius 1 is 1.41 bits per heavy atom. The zero-order chi connectivity index (χ0) is 12.5. The SMILES string of the molecule is Cc1cc(F)ccc1CC1(C(=O)O)CCCC1. The molecular weight excluding hydrogens is 219 g/mol. The monoisotopic (exact) mass is 236 g/mol. The van der Waals surface area contributed by atoms with Crippen LogP contribution in [-0.4, -0.2) is 11.1 Å².